The number of rotatable bonds is 6. The lowest BCUT2D eigenvalue weighted by Gasteiger charge is -2.14. The Bertz CT molecular complexity index is 979. The monoisotopic (exact) mass is 378 g/mol. The molecule has 27 heavy (non-hydrogen) atoms. The number of hydrogen-bond donors (Lipinski definition) is 0. The van der Waals surface area contributed by atoms with Gasteiger partial charge in [0.15, 0.2) is 16.8 Å². The Kier molecular flexibility index (Phi) is 4.83. The van der Waals surface area contributed by atoms with E-state index in [0.717, 1.165) is 46.1 Å². The summed E-state index contributed by atoms with van der Waals surface area (Å²) in [6, 6.07) is 10.3. The number of aromatic nitrogens is 4. The molecule has 6 heteroatoms. The Morgan fingerprint density at radius 3 is 2.59 bits per heavy atom. The van der Waals surface area contributed by atoms with Gasteiger partial charge < -0.3 is 0 Å². The number of carbonyl (C=O) groups excluding carboxylic acids is 1. The quantitative estimate of drug-likeness (QED) is 0.461. The normalized spacial score (nSPS) is 14.9. The summed E-state index contributed by atoms with van der Waals surface area (Å²) in [6.45, 7) is 5.95. The van der Waals surface area contributed by atoms with Crippen LogP contribution >= 0.6 is 11.8 Å². The van der Waals surface area contributed by atoms with E-state index in [1.165, 1.54) is 11.8 Å². The molecule has 0 amide bonds. The zero-order chi connectivity index (χ0) is 19.0. The molecule has 0 aliphatic heterocycles. The topological polar surface area (TPSA) is 60.7 Å². The van der Waals surface area contributed by atoms with Gasteiger partial charge in [0.25, 0.3) is 0 Å². The van der Waals surface area contributed by atoms with Crippen LogP contribution in [0.3, 0.4) is 0 Å². The van der Waals surface area contributed by atoms with Crippen LogP contribution in [-0.4, -0.2) is 30.8 Å². The smallest absolute Gasteiger partial charge is 0.192 e. The minimum absolute atomic E-state index is 0.136. The lowest BCUT2D eigenvalue weighted by atomic mass is 10.0. The highest BCUT2D eigenvalue weighted by atomic mass is 32.2. The molecule has 1 fully saturated rings. The second-order valence-electron chi connectivity index (χ2n) is 7.09. The zero-order valence-electron chi connectivity index (χ0n) is 15.7. The molecule has 3 aromatic rings. The van der Waals surface area contributed by atoms with E-state index in [4.69, 9.17) is 0 Å². The Labute approximate surface area is 163 Å². The molecule has 1 saturated carbocycles. The van der Waals surface area contributed by atoms with Crippen molar-refractivity contribution < 1.29 is 4.79 Å². The van der Waals surface area contributed by atoms with Crippen LogP contribution in [0, 0.1) is 13.8 Å². The van der Waals surface area contributed by atoms with Crippen LogP contribution in [-0.2, 0) is 0 Å². The van der Waals surface area contributed by atoms with Gasteiger partial charge in [0, 0.05) is 29.6 Å². The maximum Gasteiger partial charge on any atom is 0.192 e. The Morgan fingerprint density at radius 2 is 1.89 bits per heavy atom. The van der Waals surface area contributed by atoms with Crippen LogP contribution in [0.15, 0.2) is 47.9 Å². The first-order valence-electron chi connectivity index (χ1n) is 9.18. The van der Waals surface area contributed by atoms with Gasteiger partial charge in [0.2, 0.25) is 0 Å². The molecular formula is C21H22N4OS. The van der Waals surface area contributed by atoms with Crippen molar-refractivity contribution in [3.05, 3.63) is 59.4 Å². The van der Waals surface area contributed by atoms with Gasteiger partial charge in [-0.2, -0.15) is 0 Å². The van der Waals surface area contributed by atoms with Crippen LogP contribution in [0.4, 0.5) is 0 Å². The second-order valence-corrected chi connectivity index (χ2v) is 8.39. The van der Waals surface area contributed by atoms with Crippen LogP contribution in [0.25, 0.3) is 11.4 Å². The van der Waals surface area contributed by atoms with Crippen molar-refractivity contribution in [2.24, 2.45) is 0 Å². The average molecular weight is 379 g/mol. The van der Waals surface area contributed by atoms with Gasteiger partial charge in [-0.15, -0.1) is 10.2 Å². The largest absolute Gasteiger partial charge is 0.299 e. The summed E-state index contributed by atoms with van der Waals surface area (Å²) in [4.78, 5) is 17.1. The number of thioether (sulfide) groups is 1. The number of ketones is 1. The summed E-state index contributed by atoms with van der Waals surface area (Å²) in [7, 11) is 0. The fraction of sp³-hybridized carbons (Fsp3) is 0.333. The molecule has 0 radical (unpaired) electrons. The zero-order valence-corrected chi connectivity index (χ0v) is 16.5. The second kappa shape index (κ2) is 7.27. The first kappa shape index (κ1) is 17.9. The number of Topliss-reactive ketones (excluding diaryl/α,β-unsaturated/α-hetero) is 1. The number of pyridine rings is 1. The van der Waals surface area contributed by atoms with E-state index in [0.29, 0.717) is 6.04 Å². The minimum Gasteiger partial charge on any atom is -0.299 e. The van der Waals surface area contributed by atoms with E-state index in [2.05, 4.69) is 19.7 Å². The number of benzene rings is 1. The first-order valence-corrected chi connectivity index (χ1v) is 10.1. The van der Waals surface area contributed by atoms with Crippen molar-refractivity contribution in [1.82, 2.24) is 19.7 Å². The summed E-state index contributed by atoms with van der Waals surface area (Å²) in [6.07, 6.45) is 5.79. The molecule has 0 unspecified atom stereocenters. The number of aryl methyl sites for hydroxylation is 2. The summed E-state index contributed by atoms with van der Waals surface area (Å²) in [5.74, 6) is 0.991. The maximum absolute atomic E-state index is 13.0. The van der Waals surface area contributed by atoms with E-state index in [9.17, 15) is 4.79 Å². The molecule has 0 bridgehead atoms. The SMILES string of the molecule is Cc1ccc(C)c(C(=O)[C@@H](C)Sc2nnc(-c3ccncc3)n2C2CC2)c1. The Balaban J connectivity index is 1.62. The molecular weight excluding hydrogens is 356 g/mol. The van der Waals surface area contributed by atoms with Gasteiger partial charge in [-0.25, -0.2) is 0 Å². The van der Waals surface area contributed by atoms with Gasteiger partial charge in [-0.1, -0.05) is 29.5 Å². The molecule has 1 aliphatic carbocycles. The van der Waals surface area contributed by atoms with Crippen molar-refractivity contribution in [2.75, 3.05) is 0 Å². The Hall–Kier alpha value is -2.47. The molecule has 138 valence electrons. The molecule has 0 spiro atoms. The highest BCUT2D eigenvalue weighted by Gasteiger charge is 2.31. The van der Waals surface area contributed by atoms with E-state index in [-0.39, 0.29) is 11.0 Å². The lowest BCUT2D eigenvalue weighted by Crippen LogP contribution is -2.16. The molecule has 1 aliphatic rings. The van der Waals surface area contributed by atoms with Crippen molar-refractivity contribution >= 4 is 17.5 Å². The van der Waals surface area contributed by atoms with Crippen LogP contribution in [0.5, 0.6) is 0 Å². The van der Waals surface area contributed by atoms with Gasteiger partial charge in [-0.3, -0.25) is 14.3 Å². The molecule has 4 rings (SSSR count). The van der Waals surface area contributed by atoms with Crippen molar-refractivity contribution in [1.29, 1.82) is 0 Å². The van der Waals surface area contributed by atoms with E-state index in [1.54, 1.807) is 12.4 Å². The van der Waals surface area contributed by atoms with Crippen LogP contribution in [0.1, 0.15) is 47.3 Å². The third-order valence-corrected chi connectivity index (χ3v) is 5.88. The average Bonchev–Trinajstić information content (AvgIpc) is 3.44. The highest BCUT2D eigenvalue weighted by Crippen LogP contribution is 2.41. The molecule has 1 atom stereocenters. The highest BCUT2D eigenvalue weighted by molar-refractivity contribution is 8.00. The van der Waals surface area contributed by atoms with Crippen molar-refractivity contribution in [3.8, 4) is 11.4 Å². The third-order valence-electron chi connectivity index (χ3n) is 4.83. The summed E-state index contributed by atoms with van der Waals surface area (Å²) >= 11 is 1.50. The van der Waals surface area contributed by atoms with E-state index >= 15 is 0 Å². The van der Waals surface area contributed by atoms with Gasteiger partial charge >= 0.3 is 0 Å². The summed E-state index contributed by atoms with van der Waals surface area (Å²) < 4.78 is 2.19. The van der Waals surface area contributed by atoms with Crippen molar-refractivity contribution in [3.63, 3.8) is 0 Å². The number of hydrogen-bond acceptors (Lipinski definition) is 5. The van der Waals surface area contributed by atoms with Gasteiger partial charge in [-0.05, 0) is 57.4 Å². The first-order chi connectivity index (χ1) is 13.0. The molecule has 1 aromatic carbocycles. The van der Waals surface area contributed by atoms with E-state index in [1.807, 2.05) is 51.1 Å². The van der Waals surface area contributed by atoms with Crippen molar-refractivity contribution in [2.45, 2.75) is 50.1 Å². The summed E-state index contributed by atoms with van der Waals surface area (Å²) in [5.41, 5.74) is 3.91. The summed E-state index contributed by atoms with van der Waals surface area (Å²) in [5, 5.41) is 9.42. The molecule has 2 heterocycles. The maximum atomic E-state index is 13.0. The minimum atomic E-state index is -0.225. The molecule has 5 nitrogen and oxygen atoms in total. The third kappa shape index (κ3) is 3.67. The fourth-order valence-corrected chi connectivity index (χ4v) is 4.14. The fourth-order valence-electron chi connectivity index (χ4n) is 3.15. The number of nitrogens with zero attached hydrogens (tertiary/aromatic N) is 4. The standard InChI is InChI=1S/C21H22N4OS/c1-13-4-5-14(2)18(12-13)19(26)15(3)27-21-24-23-20(25(21)17-6-7-17)16-8-10-22-11-9-16/h4-5,8-12,15,17H,6-7H2,1-3H3/t15-/m1/s1. The molecule has 0 saturated heterocycles. The van der Waals surface area contributed by atoms with Crippen LogP contribution < -0.4 is 0 Å². The van der Waals surface area contributed by atoms with Gasteiger partial charge in [0.05, 0.1) is 5.25 Å². The predicted molar refractivity (Wildman–Crippen MR) is 107 cm³/mol. The molecule has 2 aromatic heterocycles. The molecule has 0 N–H and O–H groups in total. The lowest BCUT2D eigenvalue weighted by molar-refractivity contribution is 0.0993. The number of carbonyl (C=O) groups is 1. The predicted octanol–water partition coefficient (Wildman–Crippen LogP) is 4.66. The van der Waals surface area contributed by atoms with Crippen LogP contribution in [0.2, 0.25) is 0 Å². The van der Waals surface area contributed by atoms with E-state index < -0.39 is 0 Å². The Morgan fingerprint density at radius 1 is 1.15 bits per heavy atom. The van der Waals surface area contributed by atoms with Gasteiger partial charge in [0.1, 0.15) is 0 Å².